The number of nitrogens with zero attached hydrogens (tertiary/aromatic N) is 4. The number of fused-ring (bicyclic) bond motifs is 2. The van der Waals surface area contributed by atoms with Crippen LogP contribution in [0.3, 0.4) is 0 Å². The predicted octanol–water partition coefficient (Wildman–Crippen LogP) is 3.04. The van der Waals surface area contributed by atoms with Gasteiger partial charge < -0.3 is 10.6 Å². The van der Waals surface area contributed by atoms with E-state index in [-0.39, 0.29) is 47.4 Å². The number of imide groups is 1. The van der Waals surface area contributed by atoms with E-state index in [0.29, 0.717) is 13.1 Å². The van der Waals surface area contributed by atoms with Crippen LogP contribution in [0.2, 0.25) is 0 Å². The number of carbonyl (C=O) groups is 3. The Morgan fingerprint density at radius 2 is 1.86 bits per heavy atom. The van der Waals surface area contributed by atoms with Crippen molar-refractivity contribution in [2.75, 3.05) is 18.0 Å². The van der Waals surface area contributed by atoms with E-state index < -0.39 is 0 Å². The number of amides is 3. The number of aromatic nitrogens is 2. The van der Waals surface area contributed by atoms with Crippen molar-refractivity contribution < 1.29 is 14.4 Å². The molecular weight excluding hydrogens is 462 g/mol. The summed E-state index contributed by atoms with van der Waals surface area (Å²) in [5.74, 6) is -0.907. The Balaban J connectivity index is 1.36. The molecule has 9 heteroatoms. The largest absolute Gasteiger partial charge is 0.369 e. The van der Waals surface area contributed by atoms with Crippen molar-refractivity contribution in [2.45, 2.75) is 34.2 Å². The zero-order valence-electron chi connectivity index (χ0n) is 20.2. The Morgan fingerprint density at radius 1 is 1.17 bits per heavy atom. The van der Waals surface area contributed by atoms with E-state index in [9.17, 15) is 14.4 Å². The van der Waals surface area contributed by atoms with Crippen LogP contribution in [0.5, 0.6) is 0 Å². The number of aryl methyl sites for hydroxylation is 2. The van der Waals surface area contributed by atoms with E-state index in [1.54, 1.807) is 17.5 Å². The number of pyridine rings is 2. The highest BCUT2D eigenvalue weighted by Gasteiger charge is 2.72. The van der Waals surface area contributed by atoms with Crippen LogP contribution >= 0.6 is 11.3 Å². The summed E-state index contributed by atoms with van der Waals surface area (Å²) < 4.78 is 0.970. The van der Waals surface area contributed by atoms with Crippen molar-refractivity contribution in [3.05, 3.63) is 40.5 Å². The van der Waals surface area contributed by atoms with Gasteiger partial charge in [0.25, 0.3) is 0 Å². The first-order valence-corrected chi connectivity index (χ1v) is 12.6. The quantitative estimate of drug-likeness (QED) is 0.552. The van der Waals surface area contributed by atoms with E-state index >= 15 is 0 Å². The lowest BCUT2D eigenvalue weighted by molar-refractivity contribution is -0.143. The molecule has 2 aliphatic heterocycles. The average molecular weight is 490 g/mol. The molecule has 3 aromatic heterocycles. The molecule has 35 heavy (non-hydrogen) atoms. The van der Waals surface area contributed by atoms with Gasteiger partial charge in [-0.25, -0.2) is 0 Å². The Bertz CT molecular complexity index is 1410. The molecule has 2 saturated heterocycles. The van der Waals surface area contributed by atoms with Gasteiger partial charge in [0.1, 0.15) is 0 Å². The third-order valence-electron chi connectivity index (χ3n) is 7.84. The molecule has 3 fully saturated rings. The van der Waals surface area contributed by atoms with E-state index in [0.717, 1.165) is 43.3 Å². The van der Waals surface area contributed by atoms with Gasteiger partial charge in [-0.2, -0.15) is 0 Å². The molecule has 1 saturated carbocycles. The molecule has 3 amide bonds. The van der Waals surface area contributed by atoms with Gasteiger partial charge in [0.05, 0.1) is 45.9 Å². The molecule has 2 atom stereocenters. The van der Waals surface area contributed by atoms with Gasteiger partial charge in [-0.1, -0.05) is 13.8 Å². The second-order valence-corrected chi connectivity index (χ2v) is 11.7. The van der Waals surface area contributed by atoms with E-state index in [2.05, 4.69) is 16.8 Å². The maximum atomic E-state index is 12.8. The summed E-state index contributed by atoms with van der Waals surface area (Å²) in [5, 5.41) is 0. The molecule has 0 bridgehead atoms. The fraction of sp³-hybridized carbons (Fsp3) is 0.423. The van der Waals surface area contributed by atoms with Crippen LogP contribution in [0.15, 0.2) is 24.4 Å². The number of anilines is 1. The van der Waals surface area contributed by atoms with Crippen molar-refractivity contribution >= 4 is 45.0 Å². The van der Waals surface area contributed by atoms with Crippen LogP contribution in [-0.2, 0) is 20.9 Å². The second-order valence-electron chi connectivity index (χ2n) is 10.6. The number of hydrogen-bond acceptors (Lipinski definition) is 7. The summed E-state index contributed by atoms with van der Waals surface area (Å²) in [6.45, 7) is 9.44. The maximum Gasteiger partial charge on any atom is 0.234 e. The minimum Gasteiger partial charge on any atom is -0.369 e. The lowest BCUT2D eigenvalue weighted by Crippen LogP contribution is -2.53. The zero-order chi connectivity index (χ0) is 24.8. The fourth-order valence-electron chi connectivity index (χ4n) is 5.83. The van der Waals surface area contributed by atoms with Gasteiger partial charge in [-0.05, 0) is 43.0 Å². The topological polar surface area (TPSA) is 109 Å². The predicted molar refractivity (Wildman–Crippen MR) is 134 cm³/mol. The van der Waals surface area contributed by atoms with Crippen LogP contribution in [0.1, 0.15) is 30.0 Å². The standard InChI is InChI=1S/C26H27N5O3S/c1-12-7-13(2)29-20(21(12)30-9-14(10-30)23(27)32)16-5-6-28-17-8-15(35-22(16)17)11-31-24(33)18-19(25(31)34)26(18,3)4/h5-8,14,18-19H,9-11H2,1-4H3,(H2,27,32). The molecule has 0 aromatic carbocycles. The minimum absolute atomic E-state index is 0.0595. The molecule has 2 N–H and O–H groups in total. The highest BCUT2D eigenvalue weighted by molar-refractivity contribution is 7.19. The van der Waals surface area contributed by atoms with Crippen molar-refractivity contribution in [1.29, 1.82) is 0 Å². The monoisotopic (exact) mass is 489 g/mol. The molecule has 5 heterocycles. The average Bonchev–Trinajstić information content (AvgIpc) is 3.01. The van der Waals surface area contributed by atoms with Gasteiger partial charge in [0, 0.05) is 35.4 Å². The molecule has 1 aliphatic carbocycles. The molecule has 180 valence electrons. The molecule has 2 unspecified atom stereocenters. The first kappa shape index (κ1) is 22.2. The van der Waals surface area contributed by atoms with Crippen LogP contribution in [-0.4, -0.2) is 45.7 Å². The summed E-state index contributed by atoms with van der Waals surface area (Å²) in [4.78, 5) is 51.2. The second kappa shape index (κ2) is 7.34. The molecule has 3 aromatic rings. The molecule has 0 spiro atoms. The summed E-state index contributed by atoms with van der Waals surface area (Å²) in [6, 6.07) is 5.98. The third kappa shape index (κ3) is 3.21. The fourth-order valence-corrected chi connectivity index (χ4v) is 6.94. The minimum atomic E-state index is -0.276. The Morgan fingerprint density at radius 3 is 2.51 bits per heavy atom. The van der Waals surface area contributed by atoms with Crippen LogP contribution in [0, 0.1) is 37.0 Å². The third-order valence-corrected chi connectivity index (χ3v) is 8.98. The van der Waals surface area contributed by atoms with Gasteiger partial charge in [-0.15, -0.1) is 11.3 Å². The van der Waals surface area contributed by atoms with E-state index in [1.807, 2.05) is 39.0 Å². The van der Waals surface area contributed by atoms with Crippen LogP contribution in [0.4, 0.5) is 5.69 Å². The lowest BCUT2D eigenvalue weighted by atomic mass is 9.95. The van der Waals surface area contributed by atoms with Gasteiger partial charge >= 0.3 is 0 Å². The summed E-state index contributed by atoms with van der Waals surface area (Å²) >= 11 is 1.55. The first-order valence-electron chi connectivity index (χ1n) is 11.8. The molecule has 6 rings (SSSR count). The Hall–Kier alpha value is -3.33. The van der Waals surface area contributed by atoms with E-state index in [4.69, 9.17) is 10.7 Å². The normalized spacial score (nSPS) is 23.1. The van der Waals surface area contributed by atoms with Crippen molar-refractivity contribution in [3.63, 3.8) is 0 Å². The molecule has 0 radical (unpaired) electrons. The number of carbonyl (C=O) groups excluding carboxylic acids is 3. The number of thiophene rings is 1. The van der Waals surface area contributed by atoms with E-state index in [1.165, 1.54) is 4.90 Å². The summed E-state index contributed by atoms with van der Waals surface area (Å²) in [7, 11) is 0. The van der Waals surface area contributed by atoms with Crippen molar-refractivity contribution in [3.8, 4) is 11.3 Å². The van der Waals surface area contributed by atoms with Crippen LogP contribution in [0.25, 0.3) is 21.5 Å². The van der Waals surface area contributed by atoms with Crippen LogP contribution < -0.4 is 10.6 Å². The maximum absolute atomic E-state index is 12.8. The highest BCUT2D eigenvalue weighted by Crippen LogP contribution is 2.63. The first-order chi connectivity index (χ1) is 16.6. The SMILES string of the molecule is Cc1cc(C)c(N2CC(C(N)=O)C2)c(-c2ccnc3cc(CN4C(=O)C5C(C4=O)C5(C)C)sc23)n1. The summed E-state index contributed by atoms with van der Waals surface area (Å²) in [5.41, 5.74) is 10.9. The molecular formula is C26H27N5O3S. The summed E-state index contributed by atoms with van der Waals surface area (Å²) in [6.07, 6.45) is 1.77. The lowest BCUT2D eigenvalue weighted by Gasteiger charge is -2.41. The number of primary amides is 1. The van der Waals surface area contributed by atoms with Crippen molar-refractivity contribution in [2.24, 2.45) is 28.9 Å². The van der Waals surface area contributed by atoms with Gasteiger partial charge in [-0.3, -0.25) is 29.3 Å². The smallest absolute Gasteiger partial charge is 0.234 e. The number of rotatable bonds is 5. The number of likely N-dealkylation sites (tertiary alicyclic amines) is 1. The number of hydrogen-bond donors (Lipinski definition) is 1. The number of nitrogens with two attached hydrogens (primary N) is 1. The Kier molecular flexibility index (Phi) is 4.64. The molecule has 8 nitrogen and oxygen atoms in total. The zero-order valence-corrected chi connectivity index (χ0v) is 21.0. The van der Waals surface area contributed by atoms with Crippen molar-refractivity contribution in [1.82, 2.24) is 14.9 Å². The Labute approximate surface area is 207 Å². The molecule has 3 aliphatic rings. The van der Waals surface area contributed by atoms with Gasteiger partial charge in [0.15, 0.2) is 0 Å². The number of piperidine rings is 1. The highest BCUT2D eigenvalue weighted by atomic mass is 32.1. The van der Waals surface area contributed by atoms with Gasteiger partial charge in [0.2, 0.25) is 17.7 Å².